The molecule has 8 nitrogen and oxygen atoms in total. The van der Waals surface area contributed by atoms with Crippen LogP contribution in [-0.4, -0.2) is 53.5 Å². The predicted octanol–water partition coefficient (Wildman–Crippen LogP) is 1.33. The Hall–Kier alpha value is -2.42. The molecule has 1 atom stereocenters. The van der Waals surface area contributed by atoms with E-state index < -0.39 is 9.84 Å². The minimum absolute atomic E-state index is 0.0167. The molecule has 1 saturated heterocycles. The van der Waals surface area contributed by atoms with Gasteiger partial charge in [-0.3, -0.25) is 4.79 Å². The van der Waals surface area contributed by atoms with Gasteiger partial charge in [0.25, 0.3) is 5.91 Å². The summed E-state index contributed by atoms with van der Waals surface area (Å²) >= 11 is 0. The van der Waals surface area contributed by atoms with Gasteiger partial charge in [0.1, 0.15) is 11.6 Å². The number of hydrogen-bond acceptors (Lipinski definition) is 7. The van der Waals surface area contributed by atoms with Gasteiger partial charge in [-0.1, -0.05) is 0 Å². The lowest BCUT2D eigenvalue weighted by atomic mass is 10.2. The lowest BCUT2D eigenvalue weighted by molar-refractivity contribution is 0.0701. The zero-order valence-corrected chi connectivity index (χ0v) is 14.7. The molecule has 3 heterocycles. The van der Waals surface area contributed by atoms with Gasteiger partial charge in [0.15, 0.2) is 15.5 Å². The van der Waals surface area contributed by atoms with Crippen molar-refractivity contribution >= 4 is 21.6 Å². The first-order valence-corrected chi connectivity index (χ1v) is 9.92. The molecule has 0 bridgehead atoms. The van der Waals surface area contributed by atoms with Gasteiger partial charge < -0.3 is 14.6 Å². The minimum atomic E-state index is -3.05. The van der Waals surface area contributed by atoms with Crippen molar-refractivity contribution < 1.29 is 17.6 Å². The molecular formula is C16H20N4O4S. The summed E-state index contributed by atoms with van der Waals surface area (Å²) in [4.78, 5) is 14.2. The first-order chi connectivity index (χ1) is 12.0. The van der Waals surface area contributed by atoms with Crippen LogP contribution >= 0.6 is 0 Å². The van der Waals surface area contributed by atoms with Crippen LogP contribution < -0.4 is 5.32 Å². The molecule has 1 unspecified atom stereocenters. The van der Waals surface area contributed by atoms with Crippen LogP contribution in [0.2, 0.25) is 0 Å². The summed E-state index contributed by atoms with van der Waals surface area (Å²) in [6.07, 6.45) is 2.06. The molecule has 0 aromatic carbocycles. The molecule has 134 valence electrons. The fourth-order valence-electron chi connectivity index (χ4n) is 2.87. The number of furan rings is 1. The molecule has 9 heteroatoms. The Morgan fingerprint density at radius 3 is 2.76 bits per heavy atom. The second kappa shape index (κ2) is 7.22. The molecule has 1 fully saturated rings. The number of aromatic nitrogens is 2. The highest BCUT2D eigenvalue weighted by molar-refractivity contribution is 7.91. The number of carbonyl (C=O) groups is 1. The average Bonchev–Trinajstić information content (AvgIpc) is 3.23. The number of nitrogens with one attached hydrogen (secondary N) is 1. The van der Waals surface area contributed by atoms with Crippen LogP contribution in [0.4, 0.5) is 5.82 Å². The third kappa shape index (κ3) is 4.16. The van der Waals surface area contributed by atoms with Crippen molar-refractivity contribution in [2.45, 2.75) is 25.9 Å². The Bertz CT molecular complexity index is 818. The van der Waals surface area contributed by atoms with Crippen LogP contribution in [0.3, 0.4) is 0 Å². The Kier molecular flexibility index (Phi) is 5.03. The first-order valence-electron chi connectivity index (χ1n) is 8.10. The highest BCUT2D eigenvalue weighted by Crippen LogP contribution is 2.19. The maximum atomic E-state index is 12.6. The first kappa shape index (κ1) is 17.4. The van der Waals surface area contributed by atoms with E-state index in [1.54, 1.807) is 29.4 Å². The summed E-state index contributed by atoms with van der Waals surface area (Å²) in [5, 5.41) is 11.0. The fourth-order valence-corrected chi connectivity index (χ4v) is 4.60. The van der Waals surface area contributed by atoms with Gasteiger partial charge in [0.2, 0.25) is 0 Å². The summed E-state index contributed by atoms with van der Waals surface area (Å²) in [5.74, 6) is 1.14. The number of nitrogens with zero attached hydrogens (tertiary/aromatic N) is 3. The van der Waals surface area contributed by atoms with Gasteiger partial charge in [-0.15, -0.1) is 10.2 Å². The summed E-state index contributed by atoms with van der Waals surface area (Å²) in [6, 6.07) is 6.61. The van der Waals surface area contributed by atoms with E-state index in [4.69, 9.17) is 4.42 Å². The van der Waals surface area contributed by atoms with E-state index in [0.29, 0.717) is 25.3 Å². The standard InChI is InChI=1S/C16H20N4O4S/c1-2-20(12-7-9-25(22,23)11-12)16(21)14-5-6-15(19-18-14)17-10-13-4-3-8-24-13/h3-6,8,12H,2,7,9-11H2,1H3,(H,17,19). The molecule has 25 heavy (non-hydrogen) atoms. The normalized spacial score (nSPS) is 18.8. The second-order valence-corrected chi connectivity index (χ2v) is 8.11. The average molecular weight is 364 g/mol. The molecule has 0 radical (unpaired) electrons. The lowest BCUT2D eigenvalue weighted by Crippen LogP contribution is -2.41. The van der Waals surface area contributed by atoms with E-state index in [-0.39, 0.29) is 29.1 Å². The van der Waals surface area contributed by atoms with Crippen LogP contribution in [0, 0.1) is 0 Å². The zero-order valence-electron chi connectivity index (χ0n) is 13.9. The number of sulfone groups is 1. The van der Waals surface area contributed by atoms with Crippen LogP contribution in [-0.2, 0) is 16.4 Å². The smallest absolute Gasteiger partial charge is 0.274 e. The Balaban J connectivity index is 1.65. The molecule has 3 rings (SSSR count). The van der Waals surface area contributed by atoms with E-state index >= 15 is 0 Å². The number of hydrogen-bond donors (Lipinski definition) is 1. The summed E-state index contributed by atoms with van der Waals surface area (Å²) in [5.41, 5.74) is 0.203. The van der Waals surface area contributed by atoms with E-state index in [2.05, 4.69) is 15.5 Å². The van der Waals surface area contributed by atoms with Crippen LogP contribution in [0.15, 0.2) is 34.9 Å². The van der Waals surface area contributed by atoms with Crippen molar-refractivity contribution in [1.29, 1.82) is 0 Å². The van der Waals surface area contributed by atoms with Crippen LogP contribution in [0.25, 0.3) is 0 Å². The van der Waals surface area contributed by atoms with Gasteiger partial charge >= 0.3 is 0 Å². The van der Waals surface area contributed by atoms with Crippen molar-refractivity contribution in [2.24, 2.45) is 0 Å². The Labute approximate surface area is 146 Å². The predicted molar refractivity (Wildman–Crippen MR) is 91.8 cm³/mol. The van der Waals surface area contributed by atoms with Crippen molar-refractivity contribution in [3.63, 3.8) is 0 Å². The Morgan fingerprint density at radius 1 is 1.36 bits per heavy atom. The third-order valence-corrected chi connectivity index (χ3v) is 5.91. The van der Waals surface area contributed by atoms with Gasteiger partial charge in [0, 0.05) is 12.6 Å². The maximum absolute atomic E-state index is 12.6. The van der Waals surface area contributed by atoms with Crippen molar-refractivity contribution in [3.8, 4) is 0 Å². The SMILES string of the molecule is CCN(C(=O)c1ccc(NCc2ccco2)nn1)C1CCS(=O)(=O)C1. The highest BCUT2D eigenvalue weighted by Gasteiger charge is 2.34. The zero-order chi connectivity index (χ0) is 17.9. The van der Waals surface area contributed by atoms with Crippen molar-refractivity contribution in [2.75, 3.05) is 23.4 Å². The van der Waals surface area contributed by atoms with Gasteiger partial charge in [-0.05, 0) is 37.6 Å². The molecule has 1 amide bonds. The van der Waals surface area contributed by atoms with Gasteiger partial charge in [-0.25, -0.2) is 8.42 Å². The van der Waals surface area contributed by atoms with Crippen LogP contribution in [0.1, 0.15) is 29.6 Å². The highest BCUT2D eigenvalue weighted by atomic mass is 32.2. The van der Waals surface area contributed by atoms with E-state index in [1.807, 2.05) is 13.0 Å². The minimum Gasteiger partial charge on any atom is -0.467 e. The molecule has 2 aromatic heterocycles. The number of rotatable bonds is 6. The summed E-state index contributed by atoms with van der Waals surface area (Å²) in [7, 11) is -3.05. The lowest BCUT2D eigenvalue weighted by Gasteiger charge is -2.26. The van der Waals surface area contributed by atoms with Crippen LogP contribution in [0.5, 0.6) is 0 Å². The largest absolute Gasteiger partial charge is 0.467 e. The van der Waals surface area contributed by atoms with Gasteiger partial charge in [0.05, 0.1) is 24.3 Å². The Morgan fingerprint density at radius 2 is 2.20 bits per heavy atom. The molecule has 0 spiro atoms. The van der Waals surface area contributed by atoms with E-state index in [0.717, 1.165) is 5.76 Å². The third-order valence-electron chi connectivity index (χ3n) is 4.16. The summed E-state index contributed by atoms with van der Waals surface area (Å²) < 4.78 is 28.5. The molecular weight excluding hydrogens is 344 g/mol. The van der Waals surface area contributed by atoms with Crippen molar-refractivity contribution in [3.05, 3.63) is 42.0 Å². The maximum Gasteiger partial charge on any atom is 0.274 e. The topological polar surface area (TPSA) is 105 Å². The molecule has 0 aliphatic carbocycles. The number of amides is 1. The number of carbonyl (C=O) groups excluding carboxylic acids is 1. The number of anilines is 1. The monoisotopic (exact) mass is 364 g/mol. The quantitative estimate of drug-likeness (QED) is 0.824. The molecule has 1 N–H and O–H groups in total. The fraction of sp³-hybridized carbons (Fsp3) is 0.438. The second-order valence-electron chi connectivity index (χ2n) is 5.88. The van der Waals surface area contributed by atoms with Gasteiger partial charge in [-0.2, -0.15) is 0 Å². The van der Waals surface area contributed by atoms with E-state index in [9.17, 15) is 13.2 Å². The van der Waals surface area contributed by atoms with E-state index in [1.165, 1.54) is 0 Å². The molecule has 1 aliphatic rings. The molecule has 2 aromatic rings. The molecule has 0 saturated carbocycles. The molecule has 1 aliphatic heterocycles. The summed E-state index contributed by atoms with van der Waals surface area (Å²) in [6.45, 7) is 2.73. The van der Waals surface area contributed by atoms with Crippen molar-refractivity contribution in [1.82, 2.24) is 15.1 Å².